The zero-order valence-electron chi connectivity index (χ0n) is 22.8. The number of esters is 1. The molecular formula is C32H36N2O6. The van der Waals surface area contributed by atoms with Crippen LogP contribution in [0.4, 0.5) is 5.69 Å². The summed E-state index contributed by atoms with van der Waals surface area (Å²) in [4.78, 5) is 45.8. The molecule has 8 heteroatoms. The second kappa shape index (κ2) is 10.5. The Labute approximate surface area is 234 Å². The molecule has 0 aromatic heterocycles. The molecule has 0 radical (unpaired) electrons. The maximum atomic E-state index is 14.6. The van der Waals surface area contributed by atoms with E-state index in [-0.39, 0.29) is 25.0 Å². The van der Waals surface area contributed by atoms with E-state index in [0.717, 1.165) is 22.9 Å². The van der Waals surface area contributed by atoms with E-state index in [1.807, 2.05) is 73.7 Å². The zero-order valence-corrected chi connectivity index (χ0v) is 22.8. The van der Waals surface area contributed by atoms with Crippen molar-refractivity contribution in [2.75, 3.05) is 31.2 Å². The summed E-state index contributed by atoms with van der Waals surface area (Å²) in [5, 5.41) is 11.4. The lowest BCUT2D eigenvalue weighted by Gasteiger charge is -2.38. The molecule has 4 aliphatic heterocycles. The van der Waals surface area contributed by atoms with E-state index in [1.165, 1.54) is 0 Å². The Morgan fingerprint density at radius 1 is 0.950 bits per heavy atom. The molecule has 1 N–H and O–H groups in total. The molecule has 1 spiro atoms. The fourth-order valence-electron chi connectivity index (χ4n) is 7.12. The predicted molar refractivity (Wildman–Crippen MR) is 150 cm³/mol. The highest BCUT2D eigenvalue weighted by molar-refractivity contribution is 6.06. The average molecular weight is 545 g/mol. The lowest BCUT2D eigenvalue weighted by atomic mass is 9.73. The first-order chi connectivity index (χ1) is 19.5. The Bertz CT molecular complexity index is 1390. The Morgan fingerprint density at radius 2 is 1.77 bits per heavy atom. The predicted octanol–water partition coefficient (Wildman–Crippen LogP) is 3.77. The number of cyclic esters (lactones) is 1. The fraction of sp³-hybridized carbons (Fsp3) is 0.469. The van der Waals surface area contributed by atoms with Crippen LogP contribution in [0, 0.1) is 11.8 Å². The van der Waals surface area contributed by atoms with Gasteiger partial charge in [0.1, 0.15) is 23.2 Å². The van der Waals surface area contributed by atoms with E-state index < -0.39 is 35.0 Å². The molecule has 0 aliphatic carbocycles. The number of nitrogens with zero attached hydrogens (tertiary/aromatic N) is 2. The molecule has 2 amide bonds. The highest BCUT2D eigenvalue weighted by atomic mass is 16.6. The van der Waals surface area contributed by atoms with E-state index in [2.05, 4.69) is 0 Å². The number of amides is 2. The van der Waals surface area contributed by atoms with Gasteiger partial charge in [-0.2, -0.15) is 0 Å². The number of ether oxygens (including phenoxy) is 2. The molecule has 2 aromatic carbocycles. The maximum absolute atomic E-state index is 14.6. The number of benzene rings is 2. The fourth-order valence-corrected chi connectivity index (χ4v) is 7.12. The summed E-state index contributed by atoms with van der Waals surface area (Å²) in [5.41, 5.74) is -1.59. The molecule has 2 aromatic rings. The highest BCUT2D eigenvalue weighted by Gasteiger charge is 2.75. The SMILES string of the molecule is CC[C@]12C=CCCOC(=O)[C@H]1[C@H]1C(=O)N(CCCCCO)C3C(=O)N(c4ccc5ccccc5c4)CC=C[C@@]31O2. The number of hydrogen-bond acceptors (Lipinski definition) is 6. The third-order valence-corrected chi connectivity index (χ3v) is 9.00. The minimum atomic E-state index is -1.30. The van der Waals surface area contributed by atoms with Gasteiger partial charge >= 0.3 is 5.97 Å². The van der Waals surface area contributed by atoms with E-state index >= 15 is 0 Å². The summed E-state index contributed by atoms with van der Waals surface area (Å²) in [6.45, 7) is 2.93. The van der Waals surface area contributed by atoms with Gasteiger partial charge in [-0.05, 0) is 55.0 Å². The van der Waals surface area contributed by atoms with Crippen LogP contribution in [0.25, 0.3) is 10.8 Å². The van der Waals surface area contributed by atoms with Crippen LogP contribution in [0.1, 0.15) is 39.0 Å². The van der Waals surface area contributed by atoms with Gasteiger partial charge < -0.3 is 24.4 Å². The Hall–Kier alpha value is -3.49. The summed E-state index contributed by atoms with van der Waals surface area (Å²) in [7, 11) is 0. The van der Waals surface area contributed by atoms with Gasteiger partial charge in [0, 0.05) is 25.4 Å². The number of rotatable bonds is 7. The number of fused-ring (bicyclic) bond motifs is 3. The van der Waals surface area contributed by atoms with Gasteiger partial charge in [-0.25, -0.2) is 0 Å². The van der Waals surface area contributed by atoms with Crippen molar-refractivity contribution in [2.24, 2.45) is 11.8 Å². The van der Waals surface area contributed by atoms with Crippen molar-refractivity contribution in [1.29, 1.82) is 0 Å². The van der Waals surface area contributed by atoms with Crippen molar-refractivity contribution in [1.82, 2.24) is 4.90 Å². The molecule has 8 nitrogen and oxygen atoms in total. The van der Waals surface area contributed by atoms with Crippen LogP contribution >= 0.6 is 0 Å². The minimum absolute atomic E-state index is 0.0731. The molecule has 2 saturated heterocycles. The molecule has 5 atom stereocenters. The monoisotopic (exact) mass is 544 g/mol. The van der Waals surface area contributed by atoms with Crippen molar-refractivity contribution in [3.8, 4) is 0 Å². The molecule has 1 unspecified atom stereocenters. The zero-order chi connectivity index (χ0) is 27.9. The number of aliphatic hydroxyl groups excluding tert-OH is 1. The normalized spacial score (nSPS) is 31.4. The molecule has 0 saturated carbocycles. The summed E-state index contributed by atoms with van der Waals surface area (Å²) >= 11 is 0. The van der Waals surface area contributed by atoms with Crippen molar-refractivity contribution < 1.29 is 29.0 Å². The van der Waals surface area contributed by atoms with Crippen LogP contribution in [0.15, 0.2) is 66.8 Å². The highest BCUT2D eigenvalue weighted by Crippen LogP contribution is 2.58. The summed E-state index contributed by atoms with van der Waals surface area (Å²) in [6, 6.07) is 13.0. The van der Waals surface area contributed by atoms with Gasteiger partial charge in [0.15, 0.2) is 0 Å². The Morgan fingerprint density at radius 3 is 2.58 bits per heavy atom. The molecular weight excluding hydrogens is 508 g/mol. The largest absolute Gasteiger partial charge is 0.465 e. The van der Waals surface area contributed by atoms with Gasteiger partial charge in [0.2, 0.25) is 5.91 Å². The molecule has 2 fully saturated rings. The van der Waals surface area contributed by atoms with Gasteiger partial charge in [0.05, 0.1) is 12.5 Å². The van der Waals surface area contributed by atoms with Crippen molar-refractivity contribution in [3.05, 3.63) is 66.8 Å². The number of anilines is 1. The lowest BCUT2D eigenvalue weighted by Crippen LogP contribution is -2.56. The molecule has 0 bridgehead atoms. The van der Waals surface area contributed by atoms with Gasteiger partial charge in [-0.1, -0.05) is 61.6 Å². The van der Waals surface area contributed by atoms with Crippen LogP contribution in [0.2, 0.25) is 0 Å². The summed E-state index contributed by atoms with van der Waals surface area (Å²) < 4.78 is 12.5. The molecule has 6 rings (SSSR count). The van der Waals surface area contributed by atoms with Crippen LogP contribution < -0.4 is 4.90 Å². The van der Waals surface area contributed by atoms with E-state index in [0.29, 0.717) is 38.8 Å². The van der Waals surface area contributed by atoms with Crippen LogP contribution in [0.5, 0.6) is 0 Å². The van der Waals surface area contributed by atoms with Crippen LogP contribution in [-0.4, -0.2) is 71.3 Å². The first kappa shape index (κ1) is 26.7. The smallest absolute Gasteiger partial charge is 0.313 e. The number of likely N-dealkylation sites (tertiary alicyclic amines) is 1. The second-order valence-electron chi connectivity index (χ2n) is 11.2. The van der Waals surface area contributed by atoms with E-state index in [1.54, 1.807) is 9.80 Å². The van der Waals surface area contributed by atoms with Crippen molar-refractivity contribution in [2.45, 2.75) is 56.3 Å². The van der Waals surface area contributed by atoms with E-state index in [4.69, 9.17) is 9.47 Å². The van der Waals surface area contributed by atoms with Gasteiger partial charge in [0.25, 0.3) is 5.91 Å². The third kappa shape index (κ3) is 4.08. The Balaban J connectivity index is 1.45. The lowest BCUT2D eigenvalue weighted by molar-refractivity contribution is -0.160. The number of unbranched alkanes of at least 4 members (excludes halogenated alkanes) is 2. The molecule has 210 valence electrons. The van der Waals surface area contributed by atoms with Crippen LogP contribution in [-0.2, 0) is 23.9 Å². The summed E-state index contributed by atoms with van der Waals surface area (Å²) in [5.74, 6) is -2.65. The topological polar surface area (TPSA) is 96.4 Å². The number of carbonyl (C=O) groups excluding carboxylic acids is 3. The van der Waals surface area contributed by atoms with Gasteiger partial charge in [-0.15, -0.1) is 0 Å². The number of carbonyl (C=O) groups is 3. The van der Waals surface area contributed by atoms with Crippen LogP contribution in [0.3, 0.4) is 0 Å². The molecule has 4 heterocycles. The van der Waals surface area contributed by atoms with Crippen molar-refractivity contribution >= 4 is 34.2 Å². The van der Waals surface area contributed by atoms with E-state index in [9.17, 15) is 19.5 Å². The first-order valence-corrected chi connectivity index (χ1v) is 14.4. The first-order valence-electron chi connectivity index (χ1n) is 14.4. The molecule has 40 heavy (non-hydrogen) atoms. The maximum Gasteiger partial charge on any atom is 0.313 e. The minimum Gasteiger partial charge on any atom is -0.465 e. The Kier molecular flexibility index (Phi) is 7.00. The quantitative estimate of drug-likeness (QED) is 0.324. The van der Waals surface area contributed by atoms with Crippen molar-refractivity contribution in [3.63, 3.8) is 0 Å². The average Bonchev–Trinajstić information content (AvgIpc) is 3.30. The molecule has 4 aliphatic rings. The van der Waals surface area contributed by atoms with Gasteiger partial charge in [-0.3, -0.25) is 14.4 Å². The number of hydrogen-bond donors (Lipinski definition) is 1. The number of aliphatic hydroxyl groups is 1. The second-order valence-corrected chi connectivity index (χ2v) is 11.2. The third-order valence-electron chi connectivity index (χ3n) is 9.00. The standard InChI is InChI=1S/C32H36N2O6/c1-2-31-15-6-9-20-39-30(38)26(31)25-28(36)34(17-7-3-8-19-35)27-29(37)33(18-10-16-32(25,27)40-31)24-14-13-22-11-4-5-12-23(22)21-24/h4-6,10-16,21,25-27,35H,2-3,7-9,17-20H2,1H3/t25-,26+,27?,31-,32-/m0/s1. The summed E-state index contributed by atoms with van der Waals surface area (Å²) in [6.07, 6.45) is 10.7.